The Morgan fingerprint density at radius 2 is 1.84 bits per heavy atom. The maximum absolute atomic E-state index is 6.26. The summed E-state index contributed by atoms with van der Waals surface area (Å²) in [5.41, 5.74) is 2.79. The van der Waals surface area contributed by atoms with E-state index in [4.69, 9.17) is 4.74 Å². The molecular weight excluding hydrogens is 455 g/mol. The van der Waals surface area contributed by atoms with E-state index in [2.05, 4.69) is 63.2 Å². The van der Waals surface area contributed by atoms with Gasteiger partial charge in [0.25, 0.3) is 0 Å². The van der Waals surface area contributed by atoms with Crippen LogP contribution in [0.4, 0.5) is 0 Å². The van der Waals surface area contributed by atoms with E-state index in [9.17, 15) is 0 Å². The second kappa shape index (κ2) is 9.89. The Morgan fingerprint density at radius 3 is 2.56 bits per heavy atom. The van der Waals surface area contributed by atoms with Crippen LogP contribution in [0, 0.1) is 46.3 Å². The molecule has 0 radical (unpaired) electrons. The van der Waals surface area contributed by atoms with Gasteiger partial charge in [0.2, 0.25) is 0 Å². The first-order valence-corrected chi connectivity index (χ1v) is 14.9. The van der Waals surface area contributed by atoms with Crippen molar-refractivity contribution in [1.29, 1.82) is 0 Å². The normalized spacial score (nSPS) is 42.0. The molecule has 0 aromatic carbocycles. The van der Waals surface area contributed by atoms with Gasteiger partial charge in [0, 0.05) is 0 Å². The molecule has 4 rings (SSSR count). The molecule has 8 atom stereocenters. The Bertz CT molecular complexity index is 710. The van der Waals surface area contributed by atoms with Gasteiger partial charge in [0.15, 0.2) is 0 Å². The summed E-state index contributed by atoms with van der Waals surface area (Å²) in [7, 11) is 0. The molecule has 0 heterocycles. The van der Waals surface area contributed by atoms with Crippen LogP contribution in [0.1, 0.15) is 119 Å². The fraction of sp³-hybridized carbons (Fsp3) is 0.900. The summed E-state index contributed by atoms with van der Waals surface area (Å²) in [6.07, 6.45) is 19.4. The van der Waals surface area contributed by atoms with Crippen LogP contribution >= 0.6 is 0 Å². The van der Waals surface area contributed by atoms with Gasteiger partial charge >= 0.3 is 162 Å². The van der Waals surface area contributed by atoms with Crippen LogP contribution in [-0.2, 0) is 4.74 Å². The Balaban J connectivity index is 1.45. The standard InChI is InChI=1S/C30H50OSe/c1-7-28(32)31-23-15-17-29(5)22(19-23)11-12-24-26-14-13-25(21(4)10-8-9-20(2)3)30(26,6)18-16-27(24)29/h11,20-21,23-27H,7-10,12-19H2,1-6H3/t21-,23-,24-,25+,26-,27-,29-,30+/m0/s1. The van der Waals surface area contributed by atoms with E-state index in [1.807, 2.05) is 0 Å². The molecule has 0 spiro atoms. The monoisotopic (exact) mass is 506 g/mol. The van der Waals surface area contributed by atoms with Crippen LogP contribution in [0.15, 0.2) is 11.6 Å². The van der Waals surface area contributed by atoms with Crippen molar-refractivity contribution < 1.29 is 4.74 Å². The molecule has 32 heavy (non-hydrogen) atoms. The fourth-order valence-electron chi connectivity index (χ4n) is 9.02. The van der Waals surface area contributed by atoms with E-state index in [0.717, 1.165) is 46.5 Å². The van der Waals surface area contributed by atoms with Crippen LogP contribution < -0.4 is 0 Å². The Kier molecular flexibility index (Phi) is 7.74. The van der Waals surface area contributed by atoms with Gasteiger partial charge in [0.1, 0.15) is 0 Å². The number of hydrogen-bond donors (Lipinski definition) is 0. The summed E-state index contributed by atoms with van der Waals surface area (Å²) in [5.74, 6) is 5.55. The van der Waals surface area contributed by atoms with Crippen LogP contribution in [0.5, 0.6) is 0 Å². The van der Waals surface area contributed by atoms with Gasteiger partial charge < -0.3 is 0 Å². The number of allylic oxidation sites excluding steroid dienone is 1. The quantitative estimate of drug-likeness (QED) is 0.239. The molecule has 0 amide bonds. The zero-order valence-corrected chi connectivity index (χ0v) is 23.6. The summed E-state index contributed by atoms with van der Waals surface area (Å²) in [6, 6.07) is 0. The third kappa shape index (κ3) is 4.58. The SMILES string of the molecule is CCC(=[Se])O[C@H]1CC[C@@]2(C)C(=CC[C@H]3[C@@H]4CC[C@H]([C@@H](C)CCCC(C)C)[C@@]4(C)CC[C@@H]32)C1. The van der Waals surface area contributed by atoms with Crippen molar-refractivity contribution >= 4 is 20.2 Å². The topological polar surface area (TPSA) is 9.23 Å². The number of fused-ring (bicyclic) bond motifs is 5. The molecule has 0 unspecified atom stereocenters. The molecule has 2 heteroatoms. The van der Waals surface area contributed by atoms with Gasteiger partial charge in [-0.2, -0.15) is 0 Å². The summed E-state index contributed by atoms with van der Waals surface area (Å²) in [5, 5.41) is 0. The molecule has 4 aliphatic carbocycles. The van der Waals surface area contributed by atoms with Gasteiger partial charge in [-0.1, -0.05) is 40.0 Å². The average molecular weight is 506 g/mol. The molecule has 182 valence electrons. The van der Waals surface area contributed by atoms with Gasteiger partial charge in [-0.15, -0.1) is 0 Å². The van der Waals surface area contributed by atoms with E-state index in [1.165, 1.54) is 70.6 Å². The molecule has 3 fully saturated rings. The molecule has 4 aliphatic rings. The second-order valence-corrected chi connectivity index (χ2v) is 14.0. The minimum absolute atomic E-state index is 0.401. The summed E-state index contributed by atoms with van der Waals surface area (Å²) in [4.78, 5) is 0. The zero-order chi connectivity index (χ0) is 23.1. The van der Waals surface area contributed by atoms with Gasteiger partial charge in [-0.25, -0.2) is 0 Å². The van der Waals surface area contributed by atoms with Crippen molar-refractivity contribution in [2.24, 2.45) is 46.3 Å². The Labute approximate surface area is 207 Å². The van der Waals surface area contributed by atoms with Crippen LogP contribution in [-0.4, -0.2) is 26.3 Å². The third-order valence-electron chi connectivity index (χ3n) is 10.8. The summed E-state index contributed by atoms with van der Waals surface area (Å²) in [6.45, 7) is 14.9. The van der Waals surface area contributed by atoms with E-state index in [1.54, 1.807) is 5.57 Å². The number of rotatable bonds is 8. The first-order chi connectivity index (χ1) is 15.2. The van der Waals surface area contributed by atoms with Crippen LogP contribution in [0.3, 0.4) is 0 Å². The predicted molar refractivity (Wildman–Crippen MR) is 139 cm³/mol. The maximum atomic E-state index is 6.26. The van der Waals surface area contributed by atoms with E-state index < -0.39 is 0 Å². The Morgan fingerprint density at radius 1 is 1.06 bits per heavy atom. The van der Waals surface area contributed by atoms with Gasteiger partial charge in [-0.05, 0) is 5.92 Å². The van der Waals surface area contributed by atoms with Crippen molar-refractivity contribution in [2.75, 3.05) is 0 Å². The van der Waals surface area contributed by atoms with Crippen molar-refractivity contribution in [3.8, 4) is 0 Å². The van der Waals surface area contributed by atoms with Gasteiger partial charge in [0.05, 0.1) is 0 Å². The molecule has 1 nitrogen and oxygen atoms in total. The summed E-state index contributed by atoms with van der Waals surface area (Å²) >= 11 is 3.14. The van der Waals surface area contributed by atoms with Crippen LogP contribution in [0.25, 0.3) is 0 Å². The molecule has 0 aromatic heterocycles. The molecular formula is C30H50OSe. The Hall–Kier alpha value is -0.0705. The first-order valence-electron chi connectivity index (χ1n) is 14.1. The fourth-order valence-corrected chi connectivity index (χ4v) is 9.31. The second-order valence-electron chi connectivity index (χ2n) is 13.0. The third-order valence-corrected chi connectivity index (χ3v) is 11.7. The van der Waals surface area contributed by atoms with Crippen molar-refractivity contribution in [2.45, 2.75) is 125 Å². The van der Waals surface area contributed by atoms with Gasteiger partial charge in [-0.3, -0.25) is 0 Å². The van der Waals surface area contributed by atoms with Crippen LogP contribution in [0.2, 0.25) is 0 Å². The van der Waals surface area contributed by atoms with E-state index in [-0.39, 0.29) is 0 Å². The van der Waals surface area contributed by atoms with Crippen molar-refractivity contribution in [3.05, 3.63) is 11.6 Å². The molecule has 0 aromatic rings. The molecule has 0 bridgehead atoms. The molecule has 0 saturated heterocycles. The van der Waals surface area contributed by atoms with E-state index >= 15 is 0 Å². The summed E-state index contributed by atoms with van der Waals surface area (Å²) < 4.78 is 7.36. The molecule has 0 N–H and O–H groups in total. The van der Waals surface area contributed by atoms with Crippen molar-refractivity contribution in [3.63, 3.8) is 0 Å². The number of hydrogen-bond acceptors (Lipinski definition) is 1. The van der Waals surface area contributed by atoms with E-state index in [0.29, 0.717) is 16.9 Å². The zero-order valence-electron chi connectivity index (χ0n) is 21.9. The predicted octanol–water partition coefficient (Wildman–Crippen LogP) is 8.12. The first kappa shape index (κ1) is 25.0. The average Bonchev–Trinajstić information content (AvgIpc) is 3.11. The minimum atomic E-state index is 0.401. The molecule has 3 saturated carbocycles. The molecule has 0 aliphatic heterocycles. The van der Waals surface area contributed by atoms with Crippen molar-refractivity contribution in [1.82, 2.24) is 0 Å². The number of ether oxygens (including phenoxy) is 1.